The quantitative estimate of drug-likeness (QED) is 0.674. The van der Waals surface area contributed by atoms with E-state index in [0.717, 1.165) is 19.3 Å². The van der Waals surface area contributed by atoms with Gasteiger partial charge >= 0.3 is 0 Å². The summed E-state index contributed by atoms with van der Waals surface area (Å²) in [6, 6.07) is 14.8. The second-order valence-electron chi connectivity index (χ2n) is 6.60. The number of aryl methyl sites for hydroxylation is 1. The van der Waals surface area contributed by atoms with Crippen molar-refractivity contribution >= 4 is 11.6 Å². The molecule has 3 rings (SSSR count). The Morgan fingerprint density at radius 1 is 1.11 bits per heavy atom. The van der Waals surface area contributed by atoms with Gasteiger partial charge in [0.2, 0.25) is 5.91 Å². The molecule has 0 unspecified atom stereocenters. The van der Waals surface area contributed by atoms with Crippen molar-refractivity contribution in [2.24, 2.45) is 0 Å². The Balaban J connectivity index is 1.64. The zero-order valence-corrected chi connectivity index (χ0v) is 15.7. The van der Waals surface area contributed by atoms with E-state index in [2.05, 4.69) is 17.2 Å². The fraction of sp³-hybridized carbons (Fsp3) is 0.227. The van der Waals surface area contributed by atoms with E-state index in [9.17, 15) is 14.0 Å². The van der Waals surface area contributed by atoms with Gasteiger partial charge < -0.3 is 5.32 Å². The van der Waals surface area contributed by atoms with Crippen molar-refractivity contribution in [2.45, 2.75) is 32.7 Å². The van der Waals surface area contributed by atoms with Gasteiger partial charge in [-0.1, -0.05) is 25.5 Å². The molecule has 0 radical (unpaired) electrons. The summed E-state index contributed by atoms with van der Waals surface area (Å²) in [6.07, 6.45) is 4.62. The monoisotopic (exact) mass is 379 g/mol. The number of halogens is 1. The molecule has 0 aliphatic heterocycles. The summed E-state index contributed by atoms with van der Waals surface area (Å²) in [7, 11) is 0. The number of aromatic nitrogens is 2. The molecule has 28 heavy (non-hydrogen) atoms. The van der Waals surface area contributed by atoms with E-state index < -0.39 is 0 Å². The number of nitrogens with zero attached hydrogens (tertiary/aromatic N) is 2. The molecule has 1 heterocycles. The van der Waals surface area contributed by atoms with E-state index in [1.165, 1.54) is 34.7 Å². The van der Waals surface area contributed by atoms with Crippen molar-refractivity contribution in [3.63, 3.8) is 0 Å². The van der Waals surface area contributed by atoms with Crippen LogP contribution in [0.4, 0.5) is 10.1 Å². The Morgan fingerprint density at radius 3 is 2.46 bits per heavy atom. The summed E-state index contributed by atoms with van der Waals surface area (Å²) in [5, 5.41) is 2.79. The molecule has 0 bridgehead atoms. The standard InChI is InChI=1S/C22H22FN3O2/c1-2-3-4-16-5-11-19(12-6-16)25-21(27)14-26-15-24-20(13-22(26)28)17-7-9-18(23)10-8-17/h5-13,15H,2-4,14H2,1H3,(H,25,27). The van der Waals surface area contributed by atoms with Crippen molar-refractivity contribution in [1.82, 2.24) is 9.55 Å². The predicted octanol–water partition coefficient (Wildman–Crippen LogP) is 4.03. The molecule has 5 nitrogen and oxygen atoms in total. The second-order valence-corrected chi connectivity index (χ2v) is 6.60. The molecule has 0 saturated carbocycles. The van der Waals surface area contributed by atoms with E-state index in [1.807, 2.05) is 24.3 Å². The molecule has 0 aliphatic rings. The highest BCUT2D eigenvalue weighted by atomic mass is 19.1. The number of carbonyl (C=O) groups excluding carboxylic acids is 1. The third-order valence-corrected chi connectivity index (χ3v) is 4.39. The molecule has 1 N–H and O–H groups in total. The van der Waals surface area contributed by atoms with Crippen LogP contribution in [0, 0.1) is 5.82 Å². The lowest BCUT2D eigenvalue weighted by Gasteiger charge is -2.09. The van der Waals surface area contributed by atoms with Crippen LogP contribution in [0.1, 0.15) is 25.3 Å². The van der Waals surface area contributed by atoms with Gasteiger partial charge in [0.15, 0.2) is 0 Å². The van der Waals surface area contributed by atoms with Crippen LogP contribution in [-0.2, 0) is 17.8 Å². The van der Waals surface area contributed by atoms with Crippen LogP contribution in [0.25, 0.3) is 11.3 Å². The molecule has 0 fully saturated rings. The Hall–Kier alpha value is -3.28. The van der Waals surface area contributed by atoms with E-state index >= 15 is 0 Å². The third-order valence-electron chi connectivity index (χ3n) is 4.39. The van der Waals surface area contributed by atoms with Gasteiger partial charge in [-0.3, -0.25) is 14.2 Å². The number of carbonyl (C=O) groups is 1. The number of rotatable bonds is 7. The van der Waals surface area contributed by atoms with Crippen molar-refractivity contribution in [2.75, 3.05) is 5.32 Å². The molecular weight excluding hydrogens is 357 g/mol. The second kappa shape index (κ2) is 9.08. The van der Waals surface area contributed by atoms with E-state index in [1.54, 1.807) is 12.1 Å². The molecule has 1 amide bonds. The fourth-order valence-electron chi connectivity index (χ4n) is 2.81. The number of nitrogens with one attached hydrogen (secondary N) is 1. The van der Waals surface area contributed by atoms with Gasteiger partial charge in [-0.25, -0.2) is 9.37 Å². The average molecular weight is 379 g/mol. The molecule has 0 aliphatic carbocycles. The summed E-state index contributed by atoms with van der Waals surface area (Å²) >= 11 is 0. The van der Waals surface area contributed by atoms with Gasteiger partial charge in [-0.2, -0.15) is 0 Å². The van der Waals surface area contributed by atoms with Crippen LogP contribution in [-0.4, -0.2) is 15.5 Å². The average Bonchev–Trinajstić information content (AvgIpc) is 2.69. The number of hydrogen-bond donors (Lipinski definition) is 1. The zero-order chi connectivity index (χ0) is 19.9. The van der Waals surface area contributed by atoms with Crippen LogP contribution >= 0.6 is 0 Å². The van der Waals surface area contributed by atoms with Crippen LogP contribution in [0.15, 0.2) is 65.7 Å². The minimum atomic E-state index is -0.354. The Bertz CT molecular complexity index is 996. The Kier molecular flexibility index (Phi) is 6.32. The van der Waals surface area contributed by atoms with Crippen molar-refractivity contribution in [3.05, 3.63) is 82.7 Å². The van der Waals surface area contributed by atoms with Crippen LogP contribution in [0.2, 0.25) is 0 Å². The first-order valence-electron chi connectivity index (χ1n) is 9.26. The molecule has 6 heteroatoms. The first kappa shape index (κ1) is 19.5. The lowest BCUT2D eigenvalue weighted by Crippen LogP contribution is -2.27. The largest absolute Gasteiger partial charge is 0.325 e. The van der Waals surface area contributed by atoms with Gasteiger partial charge in [0.1, 0.15) is 12.4 Å². The molecule has 2 aromatic carbocycles. The van der Waals surface area contributed by atoms with Gasteiger partial charge in [-0.15, -0.1) is 0 Å². The minimum Gasteiger partial charge on any atom is -0.325 e. The highest BCUT2D eigenvalue weighted by Crippen LogP contribution is 2.15. The molecule has 3 aromatic rings. The smallest absolute Gasteiger partial charge is 0.254 e. The first-order chi connectivity index (χ1) is 13.5. The van der Waals surface area contributed by atoms with Crippen LogP contribution < -0.4 is 10.9 Å². The summed E-state index contributed by atoms with van der Waals surface area (Å²) < 4.78 is 14.2. The highest BCUT2D eigenvalue weighted by Gasteiger charge is 2.08. The van der Waals surface area contributed by atoms with Gasteiger partial charge in [0, 0.05) is 17.3 Å². The number of amides is 1. The van der Waals surface area contributed by atoms with E-state index in [4.69, 9.17) is 0 Å². The Labute approximate surface area is 162 Å². The van der Waals surface area contributed by atoms with E-state index in [-0.39, 0.29) is 23.8 Å². The lowest BCUT2D eigenvalue weighted by atomic mass is 10.1. The third kappa shape index (κ3) is 5.13. The van der Waals surface area contributed by atoms with Gasteiger partial charge in [0.05, 0.1) is 12.0 Å². The van der Waals surface area contributed by atoms with Gasteiger partial charge in [-0.05, 0) is 54.8 Å². The van der Waals surface area contributed by atoms with Gasteiger partial charge in [0.25, 0.3) is 5.56 Å². The summed E-state index contributed by atoms with van der Waals surface area (Å²) in [5.41, 5.74) is 2.65. The highest BCUT2D eigenvalue weighted by molar-refractivity contribution is 5.90. The summed E-state index contributed by atoms with van der Waals surface area (Å²) in [6.45, 7) is 2.02. The van der Waals surface area contributed by atoms with Crippen LogP contribution in [0.5, 0.6) is 0 Å². The lowest BCUT2D eigenvalue weighted by molar-refractivity contribution is -0.116. The van der Waals surface area contributed by atoms with Crippen molar-refractivity contribution in [1.29, 1.82) is 0 Å². The number of unbranched alkanes of at least 4 members (excludes halogenated alkanes) is 1. The molecule has 1 aromatic heterocycles. The number of anilines is 1. The first-order valence-corrected chi connectivity index (χ1v) is 9.26. The maximum absolute atomic E-state index is 13.0. The zero-order valence-electron chi connectivity index (χ0n) is 15.7. The molecule has 144 valence electrons. The normalized spacial score (nSPS) is 10.6. The Morgan fingerprint density at radius 2 is 1.82 bits per heavy atom. The summed E-state index contributed by atoms with van der Waals surface area (Å²) in [4.78, 5) is 28.7. The SMILES string of the molecule is CCCCc1ccc(NC(=O)Cn2cnc(-c3ccc(F)cc3)cc2=O)cc1. The fourth-order valence-corrected chi connectivity index (χ4v) is 2.81. The topological polar surface area (TPSA) is 64.0 Å². The number of hydrogen-bond acceptors (Lipinski definition) is 3. The summed E-state index contributed by atoms with van der Waals surface area (Å²) in [5.74, 6) is -0.660. The van der Waals surface area contributed by atoms with Crippen molar-refractivity contribution < 1.29 is 9.18 Å². The maximum atomic E-state index is 13.0. The van der Waals surface area contributed by atoms with Crippen molar-refractivity contribution in [3.8, 4) is 11.3 Å². The molecule has 0 saturated heterocycles. The molecule has 0 atom stereocenters. The van der Waals surface area contributed by atoms with Crippen LogP contribution in [0.3, 0.4) is 0 Å². The molecule has 0 spiro atoms. The van der Waals surface area contributed by atoms with E-state index in [0.29, 0.717) is 16.9 Å². The minimum absolute atomic E-state index is 0.132. The molecular formula is C22H22FN3O2. The number of benzene rings is 2. The predicted molar refractivity (Wildman–Crippen MR) is 108 cm³/mol. The maximum Gasteiger partial charge on any atom is 0.254 e.